The zero-order chi connectivity index (χ0) is 19.8. The van der Waals surface area contributed by atoms with E-state index in [1.165, 1.54) is 18.2 Å². The quantitative estimate of drug-likeness (QED) is 0.491. The van der Waals surface area contributed by atoms with Crippen molar-refractivity contribution in [1.82, 2.24) is 9.78 Å². The first-order chi connectivity index (χ1) is 13.5. The molecule has 0 spiro atoms. The highest BCUT2D eigenvalue weighted by molar-refractivity contribution is 7.98. The molecular weight excluding hydrogens is 400 g/mol. The minimum atomic E-state index is -0.606. The first-order valence-electron chi connectivity index (χ1n) is 8.45. The van der Waals surface area contributed by atoms with Crippen molar-refractivity contribution in [2.75, 3.05) is 5.32 Å². The fraction of sp³-hybridized carbons (Fsp3) is 0.158. The summed E-state index contributed by atoms with van der Waals surface area (Å²) in [4.78, 5) is 23.4. The Kier molecular flexibility index (Phi) is 4.82. The molecule has 9 heteroatoms. The molecule has 2 heterocycles. The number of carbonyl (C=O) groups is 1. The third-order valence-electron chi connectivity index (χ3n) is 4.53. The summed E-state index contributed by atoms with van der Waals surface area (Å²) >= 11 is 7.58. The zero-order valence-electron chi connectivity index (χ0n) is 14.8. The molecule has 0 saturated heterocycles. The zero-order valence-corrected chi connectivity index (χ0v) is 16.4. The molecule has 3 aromatic rings. The maximum Gasteiger partial charge on any atom is 0.288 e. The van der Waals surface area contributed by atoms with E-state index in [1.54, 1.807) is 16.4 Å². The van der Waals surface area contributed by atoms with Gasteiger partial charge in [0, 0.05) is 28.7 Å². The van der Waals surface area contributed by atoms with Gasteiger partial charge in [-0.2, -0.15) is 16.9 Å². The van der Waals surface area contributed by atoms with Crippen molar-refractivity contribution in [1.29, 1.82) is 0 Å². The largest absolute Gasteiger partial charge is 0.306 e. The van der Waals surface area contributed by atoms with Crippen molar-refractivity contribution in [3.05, 3.63) is 80.0 Å². The van der Waals surface area contributed by atoms with Crippen LogP contribution >= 0.6 is 23.4 Å². The third-order valence-corrected chi connectivity index (χ3v) is 5.82. The number of anilines is 1. The Balaban J connectivity index is 1.74. The van der Waals surface area contributed by atoms with Gasteiger partial charge in [-0.1, -0.05) is 29.8 Å². The smallest absolute Gasteiger partial charge is 0.288 e. The van der Waals surface area contributed by atoms with Gasteiger partial charge < -0.3 is 5.32 Å². The minimum absolute atomic E-state index is 0.0104. The summed E-state index contributed by atoms with van der Waals surface area (Å²) in [6.07, 6.45) is 0. The second-order valence-electron chi connectivity index (χ2n) is 6.34. The van der Waals surface area contributed by atoms with Gasteiger partial charge >= 0.3 is 0 Å². The van der Waals surface area contributed by atoms with Gasteiger partial charge in [0.05, 0.1) is 16.3 Å². The van der Waals surface area contributed by atoms with Crippen molar-refractivity contribution < 1.29 is 9.72 Å². The Morgan fingerprint density at radius 1 is 1.29 bits per heavy atom. The summed E-state index contributed by atoms with van der Waals surface area (Å²) < 4.78 is 1.74. The average Bonchev–Trinajstić information content (AvgIpc) is 3.25. The molecule has 0 fully saturated rings. The van der Waals surface area contributed by atoms with Gasteiger partial charge in [-0.15, -0.1) is 0 Å². The normalized spacial score (nSPS) is 12.6. The van der Waals surface area contributed by atoms with Crippen molar-refractivity contribution >= 4 is 40.8 Å². The molecule has 4 rings (SSSR count). The number of aromatic nitrogens is 2. The van der Waals surface area contributed by atoms with Crippen molar-refractivity contribution in [3.8, 4) is 5.69 Å². The van der Waals surface area contributed by atoms with Crippen LogP contribution in [0.3, 0.4) is 0 Å². The number of nitrogens with one attached hydrogen (secondary N) is 1. The fourth-order valence-electron chi connectivity index (χ4n) is 3.09. The number of amides is 1. The minimum Gasteiger partial charge on any atom is -0.306 e. The highest BCUT2D eigenvalue weighted by Crippen LogP contribution is 2.37. The van der Waals surface area contributed by atoms with Crippen LogP contribution in [0, 0.1) is 17.0 Å². The molecule has 0 unspecified atom stereocenters. The van der Waals surface area contributed by atoms with Gasteiger partial charge in [0.2, 0.25) is 0 Å². The van der Waals surface area contributed by atoms with Crippen molar-refractivity contribution in [2.45, 2.75) is 18.4 Å². The molecule has 7 nitrogen and oxygen atoms in total. The van der Waals surface area contributed by atoms with Crippen LogP contribution in [-0.4, -0.2) is 20.6 Å². The summed E-state index contributed by atoms with van der Waals surface area (Å²) in [5.74, 6) is 1.67. The van der Waals surface area contributed by atoms with E-state index in [9.17, 15) is 14.9 Å². The van der Waals surface area contributed by atoms with E-state index in [0.717, 1.165) is 34.0 Å². The number of fused-ring (bicyclic) bond motifs is 1. The van der Waals surface area contributed by atoms with Gasteiger partial charge in [-0.25, -0.2) is 4.68 Å². The number of carbonyl (C=O) groups excluding carboxylic acids is 1. The van der Waals surface area contributed by atoms with E-state index < -0.39 is 10.8 Å². The standard InChI is InChI=1S/C19H15ClN4O3S/c1-11-4-2-3-5-16(11)23-18(13-9-28-10-15(13)22-23)21-19(25)12-6-7-14(20)17(8-12)24(26)27/h2-8H,9-10H2,1H3,(H,21,25). The van der Waals surface area contributed by atoms with E-state index in [2.05, 4.69) is 10.4 Å². The van der Waals surface area contributed by atoms with Crippen LogP contribution in [0.4, 0.5) is 11.5 Å². The first-order valence-corrected chi connectivity index (χ1v) is 9.99. The van der Waals surface area contributed by atoms with Gasteiger partial charge in [-0.05, 0) is 30.7 Å². The molecule has 1 aromatic heterocycles. The number of halogens is 1. The molecule has 1 aliphatic rings. The van der Waals surface area contributed by atoms with Crippen LogP contribution in [0.15, 0.2) is 42.5 Å². The summed E-state index contributed by atoms with van der Waals surface area (Å²) in [6, 6.07) is 11.8. The molecule has 0 atom stereocenters. The van der Waals surface area contributed by atoms with Crippen LogP contribution in [0.5, 0.6) is 0 Å². The van der Waals surface area contributed by atoms with Gasteiger partial charge in [0.15, 0.2) is 0 Å². The molecular formula is C19H15ClN4O3S. The molecule has 0 aliphatic carbocycles. The van der Waals surface area contributed by atoms with Gasteiger partial charge in [-0.3, -0.25) is 14.9 Å². The molecule has 0 saturated carbocycles. The first kappa shape index (κ1) is 18.5. The molecule has 1 aliphatic heterocycles. The van der Waals surface area contributed by atoms with Crippen molar-refractivity contribution in [3.63, 3.8) is 0 Å². The Hall–Kier alpha value is -2.84. The number of nitrogens with zero attached hydrogens (tertiary/aromatic N) is 3. The number of hydrogen-bond acceptors (Lipinski definition) is 5. The Bertz CT molecular complexity index is 1110. The summed E-state index contributed by atoms with van der Waals surface area (Å²) in [6.45, 7) is 1.98. The number of thioether (sulfide) groups is 1. The molecule has 142 valence electrons. The number of rotatable bonds is 4. The lowest BCUT2D eigenvalue weighted by molar-refractivity contribution is -0.384. The summed E-state index contributed by atoms with van der Waals surface area (Å²) in [5, 5.41) is 18.7. The second kappa shape index (κ2) is 7.29. The molecule has 0 radical (unpaired) electrons. The van der Waals surface area contributed by atoms with E-state index in [1.807, 2.05) is 31.2 Å². The van der Waals surface area contributed by atoms with Crippen LogP contribution in [0.25, 0.3) is 5.69 Å². The number of aryl methyl sites for hydroxylation is 1. The summed E-state index contributed by atoms with van der Waals surface area (Å²) in [7, 11) is 0. The second-order valence-corrected chi connectivity index (χ2v) is 7.74. The lowest BCUT2D eigenvalue weighted by Crippen LogP contribution is -2.16. The molecule has 0 bridgehead atoms. The average molecular weight is 415 g/mol. The molecule has 2 aromatic carbocycles. The molecule has 1 amide bonds. The predicted molar refractivity (Wildman–Crippen MR) is 109 cm³/mol. The Labute approximate surface area is 169 Å². The van der Waals surface area contributed by atoms with E-state index in [-0.39, 0.29) is 16.3 Å². The topological polar surface area (TPSA) is 90.1 Å². The van der Waals surface area contributed by atoms with Gasteiger partial charge in [0.25, 0.3) is 11.6 Å². The van der Waals surface area contributed by atoms with Gasteiger partial charge in [0.1, 0.15) is 10.8 Å². The van der Waals surface area contributed by atoms with E-state index in [0.29, 0.717) is 5.82 Å². The fourth-order valence-corrected chi connectivity index (χ4v) is 4.31. The Morgan fingerprint density at radius 2 is 2.07 bits per heavy atom. The third kappa shape index (κ3) is 3.25. The lowest BCUT2D eigenvalue weighted by Gasteiger charge is -2.13. The van der Waals surface area contributed by atoms with Crippen LogP contribution in [0.2, 0.25) is 5.02 Å². The predicted octanol–water partition coefficient (Wildman–Crippen LogP) is 4.74. The SMILES string of the molecule is Cc1ccccc1-n1nc2c(c1NC(=O)c1ccc(Cl)c([N+](=O)[O-])c1)CSC2. The Morgan fingerprint density at radius 3 is 2.82 bits per heavy atom. The number of hydrogen-bond donors (Lipinski definition) is 1. The monoisotopic (exact) mass is 414 g/mol. The van der Waals surface area contributed by atoms with Crippen LogP contribution in [0.1, 0.15) is 27.2 Å². The number of para-hydroxylation sites is 1. The highest BCUT2D eigenvalue weighted by Gasteiger charge is 2.26. The highest BCUT2D eigenvalue weighted by atomic mass is 35.5. The maximum absolute atomic E-state index is 12.8. The lowest BCUT2D eigenvalue weighted by atomic mass is 10.1. The number of nitro benzene ring substituents is 1. The van der Waals surface area contributed by atoms with E-state index >= 15 is 0 Å². The molecule has 28 heavy (non-hydrogen) atoms. The summed E-state index contributed by atoms with van der Waals surface area (Å²) in [5.41, 5.74) is 3.67. The van der Waals surface area contributed by atoms with E-state index in [4.69, 9.17) is 11.6 Å². The van der Waals surface area contributed by atoms with Crippen molar-refractivity contribution in [2.24, 2.45) is 0 Å². The number of nitro groups is 1. The van der Waals surface area contributed by atoms with Crippen LogP contribution < -0.4 is 5.32 Å². The number of benzene rings is 2. The van der Waals surface area contributed by atoms with Crippen LogP contribution in [-0.2, 0) is 11.5 Å². The maximum atomic E-state index is 12.8. The molecule has 1 N–H and O–H groups in total.